The highest BCUT2D eigenvalue weighted by atomic mass is 32.1. The number of nitrogens with zero attached hydrogens (tertiary/aromatic N) is 2. The largest absolute Gasteiger partial charge is 0.493 e. The van der Waals surface area contributed by atoms with Gasteiger partial charge in [0, 0.05) is 10.9 Å². The number of rotatable bonds is 7. The van der Waals surface area contributed by atoms with Gasteiger partial charge in [0.1, 0.15) is 0 Å². The van der Waals surface area contributed by atoms with E-state index < -0.39 is 0 Å². The van der Waals surface area contributed by atoms with Crippen LogP contribution in [0.25, 0.3) is 0 Å². The molecular formula is C16H19N3O4S. The van der Waals surface area contributed by atoms with Crippen LogP contribution in [0.5, 0.6) is 17.2 Å². The molecule has 2 rings (SSSR count). The van der Waals surface area contributed by atoms with Gasteiger partial charge in [-0.25, -0.2) is 10.4 Å². The van der Waals surface area contributed by atoms with E-state index in [0.29, 0.717) is 22.8 Å². The first kappa shape index (κ1) is 17.7. The number of ether oxygens (including phenoxy) is 3. The summed E-state index contributed by atoms with van der Waals surface area (Å²) < 4.78 is 15.9. The number of hydrogen-bond acceptors (Lipinski definition) is 7. The van der Waals surface area contributed by atoms with Crippen molar-refractivity contribution in [1.82, 2.24) is 10.4 Å². The Kier molecular flexibility index (Phi) is 6.14. The Labute approximate surface area is 144 Å². The maximum absolute atomic E-state index is 11.9. The van der Waals surface area contributed by atoms with Gasteiger partial charge in [-0.1, -0.05) is 0 Å². The standard InChI is InChI=1S/C16H19N3O4S/c1-10-18-12(9-24-10)7-14(20)19-17-8-11-5-6-13(21-2)16(23-4)15(11)22-3/h5-6,8-9H,7H2,1-4H3,(H,19,20). The number of aromatic nitrogens is 1. The smallest absolute Gasteiger partial charge is 0.246 e. The van der Waals surface area contributed by atoms with Crippen LogP contribution in [0.4, 0.5) is 0 Å². The summed E-state index contributed by atoms with van der Waals surface area (Å²) in [5.74, 6) is 1.25. The van der Waals surface area contributed by atoms with Gasteiger partial charge in [0.2, 0.25) is 11.7 Å². The van der Waals surface area contributed by atoms with Gasteiger partial charge < -0.3 is 14.2 Å². The first-order chi connectivity index (χ1) is 11.6. The summed E-state index contributed by atoms with van der Waals surface area (Å²) in [7, 11) is 4.60. The number of nitrogens with one attached hydrogen (secondary N) is 1. The summed E-state index contributed by atoms with van der Waals surface area (Å²) in [6.45, 7) is 1.90. The third-order valence-electron chi connectivity index (χ3n) is 3.14. The molecule has 2 aromatic rings. The Balaban J connectivity index is 2.07. The maximum Gasteiger partial charge on any atom is 0.246 e. The summed E-state index contributed by atoms with van der Waals surface area (Å²) in [6.07, 6.45) is 1.68. The molecule has 0 saturated heterocycles. The molecule has 128 valence electrons. The molecule has 0 fully saturated rings. The normalized spacial score (nSPS) is 10.7. The molecule has 0 aliphatic rings. The van der Waals surface area contributed by atoms with Gasteiger partial charge >= 0.3 is 0 Å². The maximum atomic E-state index is 11.9. The van der Waals surface area contributed by atoms with Crippen LogP contribution in [0.3, 0.4) is 0 Å². The summed E-state index contributed by atoms with van der Waals surface area (Å²) in [5, 5.41) is 6.74. The zero-order valence-electron chi connectivity index (χ0n) is 14.0. The molecule has 1 amide bonds. The molecule has 0 radical (unpaired) electrons. The lowest BCUT2D eigenvalue weighted by molar-refractivity contribution is -0.120. The lowest BCUT2D eigenvalue weighted by Crippen LogP contribution is -2.20. The molecule has 0 atom stereocenters. The van der Waals surface area contributed by atoms with Crippen molar-refractivity contribution in [2.24, 2.45) is 5.10 Å². The van der Waals surface area contributed by atoms with E-state index >= 15 is 0 Å². The van der Waals surface area contributed by atoms with Crippen molar-refractivity contribution in [3.05, 3.63) is 33.8 Å². The van der Waals surface area contributed by atoms with Crippen LogP contribution in [0.2, 0.25) is 0 Å². The Morgan fingerprint density at radius 1 is 1.25 bits per heavy atom. The van der Waals surface area contributed by atoms with Gasteiger partial charge in [0.15, 0.2) is 11.5 Å². The van der Waals surface area contributed by atoms with Gasteiger partial charge in [-0.15, -0.1) is 11.3 Å². The highest BCUT2D eigenvalue weighted by molar-refractivity contribution is 7.09. The second-order valence-electron chi connectivity index (χ2n) is 4.75. The lowest BCUT2D eigenvalue weighted by atomic mass is 10.2. The highest BCUT2D eigenvalue weighted by Crippen LogP contribution is 2.38. The number of benzene rings is 1. The van der Waals surface area contributed by atoms with Crippen molar-refractivity contribution in [2.75, 3.05) is 21.3 Å². The second kappa shape index (κ2) is 8.30. The second-order valence-corrected chi connectivity index (χ2v) is 5.81. The molecule has 7 nitrogen and oxygen atoms in total. The minimum atomic E-state index is -0.240. The van der Waals surface area contributed by atoms with Crippen LogP contribution in [0, 0.1) is 6.92 Å². The fraction of sp³-hybridized carbons (Fsp3) is 0.312. The highest BCUT2D eigenvalue weighted by Gasteiger charge is 2.14. The van der Waals surface area contributed by atoms with Gasteiger partial charge in [0.25, 0.3) is 0 Å². The number of methoxy groups -OCH3 is 3. The van der Waals surface area contributed by atoms with E-state index in [1.54, 1.807) is 19.2 Å². The Morgan fingerprint density at radius 3 is 2.58 bits per heavy atom. The Morgan fingerprint density at radius 2 is 2.00 bits per heavy atom. The first-order valence-corrected chi connectivity index (χ1v) is 7.98. The predicted octanol–water partition coefficient (Wildman–Crippen LogP) is 2.17. The third-order valence-corrected chi connectivity index (χ3v) is 3.96. The molecule has 0 bridgehead atoms. The Hall–Kier alpha value is -2.61. The van der Waals surface area contributed by atoms with Crippen molar-refractivity contribution in [3.63, 3.8) is 0 Å². The zero-order valence-corrected chi connectivity index (χ0v) is 14.8. The van der Waals surface area contributed by atoms with E-state index in [2.05, 4.69) is 15.5 Å². The van der Waals surface area contributed by atoms with Gasteiger partial charge in [0.05, 0.1) is 44.7 Å². The molecule has 0 unspecified atom stereocenters. The lowest BCUT2D eigenvalue weighted by Gasteiger charge is -2.13. The number of hydrogen-bond donors (Lipinski definition) is 1. The van der Waals surface area contributed by atoms with Crippen LogP contribution >= 0.6 is 11.3 Å². The van der Waals surface area contributed by atoms with Gasteiger partial charge in [-0.3, -0.25) is 4.79 Å². The molecule has 1 heterocycles. The molecule has 8 heteroatoms. The number of carbonyl (C=O) groups excluding carboxylic acids is 1. The van der Waals surface area contributed by atoms with Crippen molar-refractivity contribution < 1.29 is 19.0 Å². The molecule has 1 aromatic carbocycles. The summed E-state index contributed by atoms with van der Waals surface area (Å²) >= 11 is 1.51. The van der Waals surface area contributed by atoms with Gasteiger partial charge in [-0.2, -0.15) is 5.10 Å². The third kappa shape index (κ3) is 4.23. The molecule has 24 heavy (non-hydrogen) atoms. The monoisotopic (exact) mass is 349 g/mol. The number of thiazole rings is 1. The Bertz CT molecular complexity index is 743. The van der Waals surface area contributed by atoms with E-state index in [1.807, 2.05) is 12.3 Å². The minimum Gasteiger partial charge on any atom is -0.493 e. The first-order valence-electron chi connectivity index (χ1n) is 7.11. The number of carbonyl (C=O) groups is 1. The quantitative estimate of drug-likeness (QED) is 0.612. The van der Waals surface area contributed by atoms with Crippen LogP contribution in [0.1, 0.15) is 16.3 Å². The number of amides is 1. The van der Waals surface area contributed by atoms with E-state index in [9.17, 15) is 4.79 Å². The number of hydrazone groups is 1. The van der Waals surface area contributed by atoms with E-state index in [4.69, 9.17) is 14.2 Å². The fourth-order valence-electron chi connectivity index (χ4n) is 2.09. The van der Waals surface area contributed by atoms with Crippen LogP contribution in [-0.2, 0) is 11.2 Å². The van der Waals surface area contributed by atoms with Crippen molar-refractivity contribution in [1.29, 1.82) is 0 Å². The minimum absolute atomic E-state index is 0.185. The van der Waals surface area contributed by atoms with Crippen LogP contribution < -0.4 is 19.6 Å². The van der Waals surface area contributed by atoms with Crippen molar-refractivity contribution in [3.8, 4) is 17.2 Å². The molecule has 0 aliphatic carbocycles. The van der Waals surface area contributed by atoms with E-state index in [0.717, 1.165) is 10.7 Å². The average molecular weight is 349 g/mol. The molecule has 0 aliphatic heterocycles. The fourth-order valence-corrected chi connectivity index (χ4v) is 2.71. The zero-order chi connectivity index (χ0) is 17.5. The summed E-state index contributed by atoms with van der Waals surface area (Å²) in [6, 6.07) is 3.50. The molecule has 1 N–H and O–H groups in total. The number of aryl methyl sites for hydroxylation is 1. The predicted molar refractivity (Wildman–Crippen MR) is 92.4 cm³/mol. The summed E-state index contributed by atoms with van der Waals surface area (Å²) in [4.78, 5) is 16.1. The topological polar surface area (TPSA) is 82.0 Å². The van der Waals surface area contributed by atoms with E-state index in [1.165, 1.54) is 31.8 Å². The SMILES string of the molecule is COc1ccc(C=NNC(=O)Cc2csc(C)n2)c(OC)c1OC. The summed E-state index contributed by atoms with van der Waals surface area (Å²) in [5.41, 5.74) is 3.86. The molecular weight excluding hydrogens is 330 g/mol. The van der Waals surface area contributed by atoms with E-state index in [-0.39, 0.29) is 12.3 Å². The molecule has 0 spiro atoms. The molecule has 0 saturated carbocycles. The van der Waals surface area contributed by atoms with Crippen LogP contribution in [-0.4, -0.2) is 38.4 Å². The van der Waals surface area contributed by atoms with Crippen LogP contribution in [0.15, 0.2) is 22.6 Å². The van der Waals surface area contributed by atoms with Crippen molar-refractivity contribution in [2.45, 2.75) is 13.3 Å². The van der Waals surface area contributed by atoms with Crippen molar-refractivity contribution >= 4 is 23.5 Å². The van der Waals surface area contributed by atoms with Gasteiger partial charge in [-0.05, 0) is 19.1 Å². The molecule has 1 aromatic heterocycles. The average Bonchev–Trinajstić information content (AvgIpc) is 2.98.